The number of aryl methyl sites for hydroxylation is 1. The van der Waals surface area contributed by atoms with Gasteiger partial charge in [0, 0.05) is 49.0 Å². The SMILES string of the molecule is Cc1ccc(C(=O)Nc2ccc(N3CCN(Cc4ccccc4)CC3)cc2)s1. The molecule has 2 aromatic carbocycles. The van der Waals surface area contributed by atoms with Crippen LogP contribution in [0, 0.1) is 6.92 Å². The van der Waals surface area contributed by atoms with Crippen molar-refractivity contribution in [3.8, 4) is 0 Å². The summed E-state index contributed by atoms with van der Waals surface area (Å²) in [5.41, 5.74) is 3.42. The Morgan fingerprint density at radius 1 is 0.929 bits per heavy atom. The Balaban J connectivity index is 1.30. The van der Waals surface area contributed by atoms with Gasteiger partial charge in [-0.05, 0) is 48.9 Å². The van der Waals surface area contributed by atoms with Gasteiger partial charge in [-0.2, -0.15) is 0 Å². The number of thiophene rings is 1. The smallest absolute Gasteiger partial charge is 0.265 e. The summed E-state index contributed by atoms with van der Waals surface area (Å²) in [4.78, 5) is 19.1. The van der Waals surface area contributed by atoms with E-state index in [1.54, 1.807) is 0 Å². The van der Waals surface area contributed by atoms with Gasteiger partial charge >= 0.3 is 0 Å². The highest BCUT2D eigenvalue weighted by Gasteiger charge is 2.17. The average Bonchev–Trinajstić information content (AvgIpc) is 3.17. The summed E-state index contributed by atoms with van der Waals surface area (Å²) in [6, 6.07) is 22.7. The van der Waals surface area contributed by atoms with E-state index < -0.39 is 0 Å². The highest BCUT2D eigenvalue weighted by molar-refractivity contribution is 7.14. The number of rotatable bonds is 5. The molecular weight excluding hydrogens is 366 g/mol. The summed E-state index contributed by atoms with van der Waals surface area (Å²) >= 11 is 1.52. The van der Waals surface area contributed by atoms with E-state index >= 15 is 0 Å². The molecule has 1 aliphatic heterocycles. The largest absolute Gasteiger partial charge is 0.369 e. The maximum Gasteiger partial charge on any atom is 0.265 e. The molecule has 1 N–H and O–H groups in total. The predicted octanol–water partition coefficient (Wildman–Crippen LogP) is 4.63. The molecule has 0 radical (unpaired) electrons. The number of anilines is 2. The third kappa shape index (κ3) is 4.61. The molecular formula is C23H25N3OS. The van der Waals surface area contributed by atoms with E-state index in [9.17, 15) is 4.79 Å². The summed E-state index contributed by atoms with van der Waals surface area (Å²) < 4.78 is 0. The Morgan fingerprint density at radius 3 is 2.29 bits per heavy atom. The fraction of sp³-hybridized carbons (Fsp3) is 0.261. The van der Waals surface area contributed by atoms with Crippen LogP contribution in [0.5, 0.6) is 0 Å². The number of piperazine rings is 1. The topological polar surface area (TPSA) is 35.6 Å². The van der Waals surface area contributed by atoms with E-state index in [0.717, 1.165) is 48.2 Å². The van der Waals surface area contributed by atoms with Gasteiger partial charge in [-0.25, -0.2) is 0 Å². The monoisotopic (exact) mass is 391 g/mol. The molecule has 4 nitrogen and oxygen atoms in total. The molecule has 3 aromatic rings. The van der Waals surface area contributed by atoms with Gasteiger partial charge in [0.2, 0.25) is 0 Å². The number of hydrogen-bond donors (Lipinski definition) is 1. The van der Waals surface area contributed by atoms with Crippen LogP contribution in [0.25, 0.3) is 0 Å². The first-order valence-electron chi connectivity index (χ1n) is 9.66. The number of benzene rings is 2. The lowest BCUT2D eigenvalue weighted by Crippen LogP contribution is -2.45. The highest BCUT2D eigenvalue weighted by atomic mass is 32.1. The second-order valence-corrected chi connectivity index (χ2v) is 8.45. The lowest BCUT2D eigenvalue weighted by Gasteiger charge is -2.36. The molecule has 4 rings (SSSR count). The highest BCUT2D eigenvalue weighted by Crippen LogP contribution is 2.22. The molecule has 0 spiro atoms. The zero-order valence-electron chi connectivity index (χ0n) is 16.1. The lowest BCUT2D eigenvalue weighted by molar-refractivity contribution is 0.103. The summed E-state index contributed by atoms with van der Waals surface area (Å²) in [5.74, 6) is -0.0413. The number of hydrogen-bond acceptors (Lipinski definition) is 4. The van der Waals surface area contributed by atoms with Crippen molar-refractivity contribution in [3.05, 3.63) is 82.0 Å². The quantitative estimate of drug-likeness (QED) is 0.689. The van der Waals surface area contributed by atoms with E-state index in [4.69, 9.17) is 0 Å². The van der Waals surface area contributed by atoms with Crippen LogP contribution < -0.4 is 10.2 Å². The molecule has 1 aromatic heterocycles. The van der Waals surface area contributed by atoms with E-state index in [0.29, 0.717) is 0 Å². The first-order valence-corrected chi connectivity index (χ1v) is 10.5. The average molecular weight is 392 g/mol. The number of amides is 1. The van der Waals surface area contributed by atoms with Gasteiger partial charge in [-0.15, -0.1) is 11.3 Å². The summed E-state index contributed by atoms with van der Waals surface area (Å²) in [5, 5.41) is 2.98. The number of carbonyl (C=O) groups excluding carboxylic acids is 1. The van der Waals surface area contributed by atoms with Gasteiger partial charge in [0.25, 0.3) is 5.91 Å². The predicted molar refractivity (Wildman–Crippen MR) is 117 cm³/mol. The Labute approximate surface area is 170 Å². The van der Waals surface area contributed by atoms with Crippen molar-refractivity contribution in [3.63, 3.8) is 0 Å². The second kappa shape index (κ2) is 8.59. The van der Waals surface area contributed by atoms with Crippen LogP contribution in [0.1, 0.15) is 20.1 Å². The number of nitrogens with zero attached hydrogens (tertiary/aromatic N) is 2. The van der Waals surface area contributed by atoms with Crippen LogP contribution in [-0.2, 0) is 6.54 Å². The van der Waals surface area contributed by atoms with Crippen molar-refractivity contribution < 1.29 is 4.79 Å². The van der Waals surface area contributed by atoms with Crippen LogP contribution >= 0.6 is 11.3 Å². The molecule has 0 aliphatic carbocycles. The molecule has 0 saturated carbocycles. The third-order valence-corrected chi connectivity index (χ3v) is 6.08. The molecule has 0 bridgehead atoms. The van der Waals surface area contributed by atoms with Crippen molar-refractivity contribution in [2.24, 2.45) is 0 Å². The van der Waals surface area contributed by atoms with Crippen LogP contribution in [-0.4, -0.2) is 37.0 Å². The van der Waals surface area contributed by atoms with Crippen LogP contribution in [0.4, 0.5) is 11.4 Å². The molecule has 1 fully saturated rings. The van der Waals surface area contributed by atoms with Crippen molar-refractivity contribution in [2.75, 3.05) is 36.4 Å². The fourth-order valence-corrected chi connectivity index (χ4v) is 4.27. The van der Waals surface area contributed by atoms with Gasteiger partial charge < -0.3 is 10.2 Å². The molecule has 1 amide bonds. The maximum absolute atomic E-state index is 12.3. The minimum atomic E-state index is -0.0413. The maximum atomic E-state index is 12.3. The molecule has 144 valence electrons. The first-order chi connectivity index (χ1) is 13.7. The normalized spacial score (nSPS) is 14.8. The van der Waals surface area contributed by atoms with Gasteiger partial charge in [-0.3, -0.25) is 9.69 Å². The van der Waals surface area contributed by atoms with Gasteiger partial charge in [0.05, 0.1) is 4.88 Å². The van der Waals surface area contributed by atoms with Crippen LogP contribution in [0.3, 0.4) is 0 Å². The Hall–Kier alpha value is -2.63. The van der Waals surface area contributed by atoms with Crippen molar-refractivity contribution >= 4 is 28.6 Å². The minimum Gasteiger partial charge on any atom is -0.369 e. The van der Waals surface area contributed by atoms with Crippen molar-refractivity contribution in [2.45, 2.75) is 13.5 Å². The van der Waals surface area contributed by atoms with Gasteiger partial charge in [-0.1, -0.05) is 30.3 Å². The van der Waals surface area contributed by atoms with Crippen molar-refractivity contribution in [1.29, 1.82) is 0 Å². The molecule has 0 unspecified atom stereocenters. The third-order valence-electron chi connectivity index (χ3n) is 5.08. The number of carbonyl (C=O) groups is 1. The van der Waals surface area contributed by atoms with E-state index in [2.05, 4.69) is 57.6 Å². The van der Waals surface area contributed by atoms with E-state index in [1.807, 2.05) is 31.2 Å². The molecule has 1 aliphatic rings. The number of nitrogens with one attached hydrogen (secondary N) is 1. The zero-order chi connectivity index (χ0) is 19.3. The minimum absolute atomic E-state index is 0.0413. The van der Waals surface area contributed by atoms with Crippen molar-refractivity contribution in [1.82, 2.24) is 4.90 Å². The fourth-order valence-electron chi connectivity index (χ4n) is 3.51. The Bertz CT molecular complexity index is 913. The zero-order valence-corrected chi connectivity index (χ0v) is 16.9. The first kappa shape index (κ1) is 18.7. The molecule has 5 heteroatoms. The summed E-state index contributed by atoms with van der Waals surface area (Å²) in [6.45, 7) is 7.19. The van der Waals surface area contributed by atoms with Crippen LogP contribution in [0.2, 0.25) is 0 Å². The Kier molecular flexibility index (Phi) is 5.74. The second-order valence-electron chi connectivity index (χ2n) is 7.16. The summed E-state index contributed by atoms with van der Waals surface area (Å²) in [7, 11) is 0. The van der Waals surface area contributed by atoms with E-state index in [1.165, 1.54) is 22.6 Å². The molecule has 2 heterocycles. The molecule has 1 saturated heterocycles. The van der Waals surface area contributed by atoms with Gasteiger partial charge in [0.15, 0.2) is 0 Å². The van der Waals surface area contributed by atoms with Gasteiger partial charge in [0.1, 0.15) is 0 Å². The standard InChI is InChI=1S/C23H25N3OS/c1-18-7-12-22(28-18)23(27)24-20-8-10-21(11-9-20)26-15-13-25(14-16-26)17-19-5-3-2-4-6-19/h2-12H,13-17H2,1H3,(H,24,27). The van der Waals surface area contributed by atoms with E-state index in [-0.39, 0.29) is 5.91 Å². The lowest BCUT2D eigenvalue weighted by atomic mass is 10.2. The molecule has 28 heavy (non-hydrogen) atoms. The Morgan fingerprint density at radius 2 is 1.64 bits per heavy atom. The van der Waals surface area contributed by atoms with Crippen LogP contribution in [0.15, 0.2) is 66.7 Å². The molecule has 0 atom stereocenters. The summed E-state index contributed by atoms with van der Waals surface area (Å²) in [6.07, 6.45) is 0.